The Hall–Kier alpha value is -1.88. The van der Waals surface area contributed by atoms with E-state index in [-0.39, 0.29) is 5.91 Å². The summed E-state index contributed by atoms with van der Waals surface area (Å²) in [6.07, 6.45) is 1.75. The highest BCUT2D eigenvalue weighted by Crippen LogP contribution is 2.15. The summed E-state index contributed by atoms with van der Waals surface area (Å²) >= 11 is 5.96. The van der Waals surface area contributed by atoms with Crippen molar-refractivity contribution in [3.05, 3.63) is 40.3 Å². The van der Waals surface area contributed by atoms with Crippen molar-refractivity contribution < 1.29 is 4.79 Å². The summed E-state index contributed by atoms with van der Waals surface area (Å²) in [6, 6.07) is 5.15. The third-order valence-electron chi connectivity index (χ3n) is 2.86. The van der Waals surface area contributed by atoms with Crippen molar-refractivity contribution in [2.45, 2.75) is 26.7 Å². The fraction of sp³-hybridized carbons (Fsp3) is 0.357. The van der Waals surface area contributed by atoms with E-state index in [1.807, 2.05) is 13.0 Å². The maximum Gasteiger partial charge on any atom is 0.256 e. The van der Waals surface area contributed by atoms with Gasteiger partial charge in [0.1, 0.15) is 11.0 Å². The summed E-state index contributed by atoms with van der Waals surface area (Å²) in [5, 5.41) is 7.34. The largest absolute Gasteiger partial charge is 0.307 e. The summed E-state index contributed by atoms with van der Waals surface area (Å²) in [7, 11) is 1.78. The lowest BCUT2D eigenvalue weighted by Crippen LogP contribution is -2.15. The number of nitrogens with one attached hydrogen (secondary N) is 1. The molecule has 106 valence electrons. The molecule has 0 aromatic carbocycles. The van der Waals surface area contributed by atoms with Crippen molar-refractivity contribution in [3.63, 3.8) is 0 Å². The van der Waals surface area contributed by atoms with Crippen molar-refractivity contribution in [3.8, 4) is 0 Å². The number of rotatable bonds is 4. The summed E-state index contributed by atoms with van der Waals surface area (Å²) in [6.45, 7) is 3.93. The molecule has 20 heavy (non-hydrogen) atoms. The Morgan fingerprint density at radius 3 is 2.75 bits per heavy atom. The van der Waals surface area contributed by atoms with Gasteiger partial charge in [0.05, 0.1) is 5.69 Å². The highest BCUT2D eigenvalue weighted by molar-refractivity contribution is 6.29. The summed E-state index contributed by atoms with van der Waals surface area (Å²) < 4.78 is 1.63. The number of aryl methyl sites for hydroxylation is 3. The first-order valence-corrected chi connectivity index (χ1v) is 6.86. The van der Waals surface area contributed by atoms with Gasteiger partial charge in [-0.2, -0.15) is 5.10 Å². The van der Waals surface area contributed by atoms with Gasteiger partial charge >= 0.3 is 0 Å². The quantitative estimate of drug-likeness (QED) is 0.881. The number of aromatic nitrogens is 3. The number of hydrogen-bond acceptors (Lipinski definition) is 3. The maximum absolute atomic E-state index is 12.2. The van der Waals surface area contributed by atoms with E-state index in [0.717, 1.165) is 24.2 Å². The Morgan fingerprint density at radius 2 is 2.15 bits per heavy atom. The molecular formula is C14H17ClN4O. The molecule has 0 spiro atoms. The van der Waals surface area contributed by atoms with Gasteiger partial charge in [-0.25, -0.2) is 4.98 Å². The second-order valence-electron chi connectivity index (χ2n) is 4.67. The molecule has 2 aromatic heterocycles. The fourth-order valence-corrected chi connectivity index (χ4v) is 2.21. The molecule has 0 saturated heterocycles. The number of halogens is 1. The van der Waals surface area contributed by atoms with Crippen LogP contribution >= 0.6 is 11.6 Å². The molecule has 5 nitrogen and oxygen atoms in total. The van der Waals surface area contributed by atoms with E-state index in [1.165, 1.54) is 0 Å². The minimum Gasteiger partial charge on any atom is -0.307 e. The molecule has 0 aliphatic heterocycles. The van der Waals surface area contributed by atoms with Crippen LogP contribution in [0.2, 0.25) is 5.15 Å². The molecule has 1 N–H and O–H groups in total. The average molecular weight is 293 g/mol. The number of pyridine rings is 1. The number of carbonyl (C=O) groups is 1. The molecule has 2 aromatic rings. The van der Waals surface area contributed by atoms with Gasteiger partial charge in [-0.3, -0.25) is 9.48 Å². The van der Waals surface area contributed by atoms with Crippen LogP contribution in [-0.4, -0.2) is 20.7 Å². The molecular weight excluding hydrogens is 276 g/mol. The first-order chi connectivity index (χ1) is 9.49. The minimum atomic E-state index is -0.213. The zero-order valence-electron chi connectivity index (χ0n) is 11.8. The van der Waals surface area contributed by atoms with E-state index in [0.29, 0.717) is 16.5 Å². The van der Waals surface area contributed by atoms with E-state index in [1.54, 1.807) is 23.9 Å². The standard InChI is InChI=1S/C14H17ClN4O/c1-4-5-11-7-10(8-12(15)16-11)14(20)17-13-6-9(2)18-19(13)3/h6-8H,4-5H2,1-3H3,(H,17,20). The predicted octanol–water partition coefficient (Wildman–Crippen LogP) is 2.98. The zero-order chi connectivity index (χ0) is 14.7. The van der Waals surface area contributed by atoms with E-state index < -0.39 is 0 Å². The SMILES string of the molecule is CCCc1cc(C(=O)Nc2cc(C)nn2C)cc(Cl)n1. The minimum absolute atomic E-state index is 0.213. The molecule has 2 rings (SSSR count). The van der Waals surface area contributed by atoms with E-state index in [4.69, 9.17) is 11.6 Å². The highest BCUT2D eigenvalue weighted by Gasteiger charge is 2.12. The highest BCUT2D eigenvalue weighted by atomic mass is 35.5. The number of anilines is 1. The van der Waals surface area contributed by atoms with Crippen LogP contribution in [0.15, 0.2) is 18.2 Å². The van der Waals surface area contributed by atoms with Crippen LogP contribution in [0.5, 0.6) is 0 Å². The Morgan fingerprint density at radius 1 is 1.40 bits per heavy atom. The third kappa shape index (κ3) is 3.36. The third-order valence-corrected chi connectivity index (χ3v) is 3.05. The van der Waals surface area contributed by atoms with Crippen molar-refractivity contribution in [1.82, 2.24) is 14.8 Å². The second-order valence-corrected chi connectivity index (χ2v) is 5.06. The maximum atomic E-state index is 12.2. The first-order valence-electron chi connectivity index (χ1n) is 6.48. The number of nitrogens with zero attached hydrogens (tertiary/aromatic N) is 3. The van der Waals surface area contributed by atoms with Gasteiger partial charge in [0.2, 0.25) is 0 Å². The van der Waals surface area contributed by atoms with Crippen molar-refractivity contribution in [2.75, 3.05) is 5.32 Å². The second kappa shape index (κ2) is 6.05. The smallest absolute Gasteiger partial charge is 0.256 e. The van der Waals surface area contributed by atoms with Crippen molar-refractivity contribution in [2.24, 2.45) is 7.05 Å². The topological polar surface area (TPSA) is 59.8 Å². The number of amides is 1. The Bertz CT molecular complexity index is 636. The molecule has 0 bridgehead atoms. The molecule has 0 fully saturated rings. The fourth-order valence-electron chi connectivity index (χ4n) is 1.98. The van der Waals surface area contributed by atoms with Gasteiger partial charge in [-0.1, -0.05) is 24.9 Å². The van der Waals surface area contributed by atoms with Gasteiger partial charge in [0.15, 0.2) is 0 Å². The normalized spacial score (nSPS) is 10.6. The molecule has 1 amide bonds. The van der Waals surface area contributed by atoms with E-state index in [9.17, 15) is 4.79 Å². The molecule has 0 atom stereocenters. The summed E-state index contributed by atoms with van der Waals surface area (Å²) in [5.41, 5.74) is 2.18. The molecule has 0 radical (unpaired) electrons. The molecule has 2 heterocycles. The lowest BCUT2D eigenvalue weighted by atomic mass is 10.1. The van der Waals surface area contributed by atoms with Crippen LogP contribution in [0.3, 0.4) is 0 Å². The van der Waals surface area contributed by atoms with Crippen molar-refractivity contribution in [1.29, 1.82) is 0 Å². The Balaban J connectivity index is 2.22. The van der Waals surface area contributed by atoms with Gasteiger partial charge in [0, 0.05) is 24.4 Å². The first kappa shape index (κ1) is 14.5. The van der Waals surface area contributed by atoms with Gasteiger partial charge in [-0.05, 0) is 25.5 Å². The van der Waals surface area contributed by atoms with Crippen LogP contribution in [0, 0.1) is 6.92 Å². The zero-order valence-corrected chi connectivity index (χ0v) is 12.5. The Kier molecular flexibility index (Phi) is 4.39. The van der Waals surface area contributed by atoms with Crippen molar-refractivity contribution >= 4 is 23.3 Å². The van der Waals surface area contributed by atoms with Crippen LogP contribution in [0.1, 0.15) is 35.1 Å². The van der Waals surface area contributed by atoms with Gasteiger partial charge in [0.25, 0.3) is 5.91 Å². The van der Waals surface area contributed by atoms with E-state index in [2.05, 4.69) is 22.3 Å². The van der Waals surface area contributed by atoms with Crippen LogP contribution in [-0.2, 0) is 13.5 Å². The van der Waals surface area contributed by atoms with Gasteiger partial charge < -0.3 is 5.32 Å². The lowest BCUT2D eigenvalue weighted by Gasteiger charge is -2.07. The van der Waals surface area contributed by atoms with Crippen LogP contribution in [0.4, 0.5) is 5.82 Å². The number of hydrogen-bond donors (Lipinski definition) is 1. The van der Waals surface area contributed by atoms with E-state index >= 15 is 0 Å². The monoisotopic (exact) mass is 292 g/mol. The number of carbonyl (C=O) groups excluding carboxylic acids is 1. The Labute approximate surface area is 123 Å². The average Bonchev–Trinajstić information content (AvgIpc) is 2.67. The van der Waals surface area contributed by atoms with Crippen LogP contribution < -0.4 is 5.32 Å². The van der Waals surface area contributed by atoms with Gasteiger partial charge in [-0.15, -0.1) is 0 Å². The lowest BCUT2D eigenvalue weighted by molar-refractivity contribution is 0.102. The predicted molar refractivity (Wildman–Crippen MR) is 79.1 cm³/mol. The summed E-state index contributed by atoms with van der Waals surface area (Å²) in [4.78, 5) is 16.4. The molecule has 0 saturated carbocycles. The molecule has 0 aliphatic rings. The van der Waals surface area contributed by atoms with Crippen LogP contribution in [0.25, 0.3) is 0 Å². The molecule has 6 heteroatoms. The molecule has 0 unspecified atom stereocenters. The molecule has 0 aliphatic carbocycles. The summed E-state index contributed by atoms with van der Waals surface area (Å²) in [5.74, 6) is 0.437.